The average molecular weight is 501 g/mol. The molecule has 0 spiro atoms. The molecule has 0 saturated carbocycles. The van der Waals surface area contributed by atoms with Crippen LogP contribution in [0.2, 0.25) is 5.02 Å². The van der Waals surface area contributed by atoms with E-state index in [0.29, 0.717) is 44.9 Å². The van der Waals surface area contributed by atoms with Crippen molar-refractivity contribution in [3.05, 3.63) is 95.9 Å². The summed E-state index contributed by atoms with van der Waals surface area (Å²) in [6.45, 7) is 0. The number of aromatic nitrogens is 2. The number of benzene rings is 2. The van der Waals surface area contributed by atoms with E-state index in [0.717, 1.165) is 5.56 Å². The van der Waals surface area contributed by atoms with Crippen molar-refractivity contribution in [1.82, 2.24) is 15.3 Å². The van der Waals surface area contributed by atoms with Gasteiger partial charge >= 0.3 is 0 Å². The van der Waals surface area contributed by atoms with Gasteiger partial charge in [0.05, 0.1) is 10.7 Å². The topological polar surface area (TPSA) is 93.2 Å². The van der Waals surface area contributed by atoms with Gasteiger partial charge in [0.2, 0.25) is 11.8 Å². The second kappa shape index (κ2) is 9.92. The van der Waals surface area contributed by atoms with Crippen LogP contribution in [-0.2, 0) is 4.79 Å². The summed E-state index contributed by atoms with van der Waals surface area (Å²) in [7, 11) is 0. The lowest BCUT2D eigenvalue weighted by atomic mass is 10.2. The van der Waals surface area contributed by atoms with Crippen LogP contribution in [-0.4, -0.2) is 21.0 Å². The monoisotopic (exact) mass is 500 g/mol. The third kappa shape index (κ3) is 5.29. The summed E-state index contributed by atoms with van der Waals surface area (Å²) in [5.41, 5.74) is 3.21. The number of hydrogen-bond acceptors (Lipinski definition) is 6. The molecule has 0 unspecified atom stereocenters. The zero-order valence-corrected chi connectivity index (χ0v) is 19.6. The number of thiocarbonyl (C=S) groups is 1. The van der Waals surface area contributed by atoms with Crippen molar-refractivity contribution < 1.29 is 13.6 Å². The summed E-state index contributed by atoms with van der Waals surface area (Å²) in [5.74, 6) is 1.23. The van der Waals surface area contributed by atoms with Crippen molar-refractivity contribution in [3.8, 4) is 22.8 Å². The molecule has 0 aliphatic rings. The van der Waals surface area contributed by atoms with Crippen molar-refractivity contribution in [2.75, 3.05) is 5.32 Å². The van der Waals surface area contributed by atoms with Gasteiger partial charge < -0.3 is 14.2 Å². The van der Waals surface area contributed by atoms with Gasteiger partial charge in [0.1, 0.15) is 11.5 Å². The number of anilines is 1. The Bertz CT molecular complexity index is 1530. The van der Waals surface area contributed by atoms with Crippen LogP contribution in [0.1, 0.15) is 5.76 Å². The molecule has 5 rings (SSSR count). The number of hydrogen-bond donors (Lipinski definition) is 2. The molecule has 172 valence electrons. The minimum absolute atomic E-state index is 0.0855. The normalized spacial score (nSPS) is 11.1. The predicted molar refractivity (Wildman–Crippen MR) is 140 cm³/mol. The van der Waals surface area contributed by atoms with Crippen LogP contribution in [0.25, 0.3) is 40.1 Å². The fourth-order valence-electron chi connectivity index (χ4n) is 3.31. The predicted octanol–water partition coefficient (Wildman–Crippen LogP) is 6.33. The van der Waals surface area contributed by atoms with E-state index in [2.05, 4.69) is 20.6 Å². The van der Waals surface area contributed by atoms with Crippen molar-refractivity contribution in [2.24, 2.45) is 0 Å². The number of fused-ring (bicyclic) bond motifs is 1. The number of halogens is 1. The van der Waals surface area contributed by atoms with E-state index in [1.54, 1.807) is 48.7 Å². The van der Waals surface area contributed by atoms with Crippen LogP contribution < -0.4 is 10.6 Å². The molecule has 2 N–H and O–H groups in total. The van der Waals surface area contributed by atoms with E-state index < -0.39 is 5.91 Å². The molecule has 35 heavy (non-hydrogen) atoms. The van der Waals surface area contributed by atoms with Crippen LogP contribution in [0.4, 0.5) is 5.69 Å². The van der Waals surface area contributed by atoms with Gasteiger partial charge in [-0.05, 0) is 60.8 Å². The second-order valence-corrected chi connectivity index (χ2v) is 8.20. The lowest BCUT2D eigenvalue weighted by Crippen LogP contribution is -2.32. The van der Waals surface area contributed by atoms with Gasteiger partial charge in [0.25, 0.3) is 0 Å². The highest BCUT2D eigenvalue weighted by Gasteiger charge is 2.12. The number of rotatable bonds is 5. The number of amides is 1. The smallest absolute Gasteiger partial charge is 0.250 e. The molecule has 9 heteroatoms. The van der Waals surface area contributed by atoms with E-state index >= 15 is 0 Å². The van der Waals surface area contributed by atoms with Gasteiger partial charge in [0.15, 0.2) is 16.3 Å². The van der Waals surface area contributed by atoms with Gasteiger partial charge in [-0.1, -0.05) is 41.9 Å². The van der Waals surface area contributed by atoms with Gasteiger partial charge in [-0.3, -0.25) is 10.1 Å². The summed E-state index contributed by atoms with van der Waals surface area (Å²) in [6, 6.07) is 22.1. The molecule has 0 fully saturated rings. The van der Waals surface area contributed by atoms with Crippen LogP contribution in [0.5, 0.6) is 0 Å². The highest BCUT2D eigenvalue weighted by molar-refractivity contribution is 7.80. The lowest BCUT2D eigenvalue weighted by Gasteiger charge is -2.10. The number of nitrogens with one attached hydrogen (secondary N) is 2. The van der Waals surface area contributed by atoms with Crippen molar-refractivity contribution in [2.45, 2.75) is 0 Å². The zero-order valence-electron chi connectivity index (χ0n) is 18.1. The fourth-order valence-corrected chi connectivity index (χ4v) is 3.69. The first-order valence-electron chi connectivity index (χ1n) is 10.5. The third-order valence-corrected chi connectivity index (χ3v) is 5.48. The molecular formula is C26H17ClN4O3S. The first-order valence-corrected chi connectivity index (χ1v) is 11.3. The molecule has 1 amide bonds. The Hall–Kier alpha value is -4.27. The number of oxazole rings is 1. The highest BCUT2D eigenvalue weighted by Crippen LogP contribution is 2.30. The fraction of sp³-hybridized carbons (Fsp3) is 0. The maximum absolute atomic E-state index is 12.3. The highest BCUT2D eigenvalue weighted by atomic mass is 35.5. The summed E-state index contributed by atoms with van der Waals surface area (Å²) in [4.78, 5) is 20.9. The van der Waals surface area contributed by atoms with Gasteiger partial charge in [0, 0.05) is 23.4 Å². The van der Waals surface area contributed by atoms with E-state index in [-0.39, 0.29) is 5.11 Å². The Morgan fingerprint density at radius 1 is 0.971 bits per heavy atom. The average Bonchev–Trinajstić information content (AvgIpc) is 3.52. The van der Waals surface area contributed by atoms with Crippen LogP contribution in [0.3, 0.4) is 0 Å². The maximum atomic E-state index is 12.3. The van der Waals surface area contributed by atoms with E-state index in [9.17, 15) is 4.79 Å². The zero-order chi connectivity index (χ0) is 24.2. The van der Waals surface area contributed by atoms with Crippen LogP contribution in [0.15, 0.2) is 93.9 Å². The molecule has 3 heterocycles. The summed E-state index contributed by atoms with van der Waals surface area (Å²) >= 11 is 11.6. The minimum Gasteiger partial charge on any atom is -0.457 e. The Morgan fingerprint density at radius 3 is 2.66 bits per heavy atom. The molecule has 0 bridgehead atoms. The van der Waals surface area contributed by atoms with E-state index in [4.69, 9.17) is 32.7 Å². The van der Waals surface area contributed by atoms with Crippen molar-refractivity contribution >= 4 is 57.8 Å². The number of carbonyl (C=O) groups excluding carboxylic acids is 1. The maximum Gasteiger partial charge on any atom is 0.250 e. The third-order valence-electron chi connectivity index (χ3n) is 4.95. The van der Waals surface area contributed by atoms with Crippen LogP contribution >= 0.6 is 23.8 Å². The molecule has 0 radical (unpaired) electrons. The minimum atomic E-state index is -0.419. The molecule has 0 aliphatic heterocycles. The molecule has 7 nitrogen and oxygen atoms in total. The molecule has 0 aliphatic carbocycles. The summed E-state index contributed by atoms with van der Waals surface area (Å²) < 4.78 is 11.5. The van der Waals surface area contributed by atoms with Gasteiger partial charge in [-0.15, -0.1) is 0 Å². The molecule has 0 atom stereocenters. The SMILES string of the molecule is O=C(/C=C/c1ccc(-c2ccccc2)o1)NC(=S)Nc1cc(-c2nc3ncccc3o2)ccc1Cl. The summed E-state index contributed by atoms with van der Waals surface area (Å²) in [6.07, 6.45) is 4.55. The summed E-state index contributed by atoms with van der Waals surface area (Å²) in [5, 5.41) is 6.03. The first kappa shape index (κ1) is 22.5. The van der Waals surface area contributed by atoms with E-state index in [1.807, 2.05) is 36.4 Å². The molecular weight excluding hydrogens is 484 g/mol. The molecule has 0 saturated heterocycles. The standard InChI is InChI=1S/C26H17ClN4O3S/c27-19-11-8-17(25-31-24-22(34-25)7-4-14-28-24)15-20(19)29-26(35)30-23(32)13-10-18-9-12-21(33-18)16-5-2-1-3-6-16/h1-15H,(H2,29,30,32,35)/b13-10+. The number of pyridine rings is 1. The quantitative estimate of drug-likeness (QED) is 0.215. The van der Waals surface area contributed by atoms with Gasteiger partial charge in [-0.25, -0.2) is 4.98 Å². The molecule has 5 aromatic rings. The van der Waals surface area contributed by atoms with E-state index in [1.165, 1.54) is 6.08 Å². The van der Waals surface area contributed by atoms with Crippen molar-refractivity contribution in [3.63, 3.8) is 0 Å². The number of carbonyl (C=O) groups is 1. The Labute approximate surface area is 210 Å². The second-order valence-electron chi connectivity index (χ2n) is 7.38. The van der Waals surface area contributed by atoms with Gasteiger partial charge in [-0.2, -0.15) is 4.98 Å². The largest absolute Gasteiger partial charge is 0.457 e. The molecule has 3 aromatic heterocycles. The number of furan rings is 1. The Kier molecular flexibility index (Phi) is 6.38. The Morgan fingerprint density at radius 2 is 1.83 bits per heavy atom. The molecule has 2 aromatic carbocycles. The van der Waals surface area contributed by atoms with Crippen molar-refractivity contribution in [1.29, 1.82) is 0 Å². The number of nitrogens with zero attached hydrogens (tertiary/aromatic N) is 2. The lowest BCUT2D eigenvalue weighted by molar-refractivity contribution is -0.115. The Balaban J connectivity index is 1.23. The first-order chi connectivity index (χ1) is 17.0. The van der Waals surface area contributed by atoms with Crippen LogP contribution in [0, 0.1) is 0 Å².